The molecule has 0 spiro atoms. The number of ether oxygens (including phenoxy) is 2. The van der Waals surface area contributed by atoms with Crippen LogP contribution in [0, 0.1) is 0 Å². The van der Waals surface area contributed by atoms with Crippen LogP contribution in [-0.4, -0.2) is 56.5 Å². The van der Waals surface area contributed by atoms with Gasteiger partial charge in [-0.2, -0.15) is 0 Å². The average Bonchev–Trinajstić information content (AvgIpc) is 2.95. The van der Waals surface area contributed by atoms with E-state index in [1.54, 1.807) is 6.92 Å². The Labute approximate surface area is 132 Å². The van der Waals surface area contributed by atoms with E-state index in [9.17, 15) is 4.79 Å². The number of esters is 1. The summed E-state index contributed by atoms with van der Waals surface area (Å²) in [5.74, 6) is -0.375. The molecule has 22 heavy (non-hydrogen) atoms. The fourth-order valence-corrected chi connectivity index (χ4v) is 1.61. The molecular formula is C15H30N4O3. The van der Waals surface area contributed by atoms with Gasteiger partial charge in [0.2, 0.25) is 0 Å². The van der Waals surface area contributed by atoms with Crippen LogP contribution in [0.1, 0.15) is 12.6 Å². The number of nitrogens with one attached hydrogen (secondary N) is 1. The summed E-state index contributed by atoms with van der Waals surface area (Å²) in [4.78, 5) is 10.2. The number of nitrogens with zero attached hydrogens (tertiary/aromatic N) is 1. The topological polar surface area (TPSA) is 105 Å². The molecule has 1 aromatic rings. The van der Waals surface area contributed by atoms with Crippen molar-refractivity contribution in [2.24, 2.45) is 18.5 Å². The quantitative estimate of drug-likeness (QED) is 0.658. The molecule has 1 aromatic heterocycles. The molecule has 0 radical (unpaired) electrons. The van der Waals surface area contributed by atoms with Gasteiger partial charge in [-0.05, 0) is 32.0 Å². The zero-order valence-electron chi connectivity index (χ0n) is 13.9. The van der Waals surface area contributed by atoms with Gasteiger partial charge in [0, 0.05) is 32.0 Å². The molecule has 1 aliphatic heterocycles. The van der Waals surface area contributed by atoms with E-state index >= 15 is 0 Å². The fraction of sp³-hybridized carbons (Fsp3) is 0.667. The van der Waals surface area contributed by atoms with Crippen molar-refractivity contribution in [2.45, 2.75) is 19.4 Å². The van der Waals surface area contributed by atoms with Gasteiger partial charge in [0.1, 0.15) is 6.04 Å². The molecule has 0 bridgehead atoms. The van der Waals surface area contributed by atoms with Crippen molar-refractivity contribution in [3.8, 4) is 0 Å². The molecule has 2 heterocycles. The van der Waals surface area contributed by atoms with Crippen LogP contribution in [-0.2, 0) is 27.7 Å². The van der Waals surface area contributed by atoms with E-state index in [0.29, 0.717) is 0 Å². The van der Waals surface area contributed by atoms with E-state index in [0.717, 1.165) is 39.3 Å². The first kappa shape index (κ1) is 20.6. The van der Waals surface area contributed by atoms with Crippen molar-refractivity contribution in [1.82, 2.24) is 9.88 Å². The van der Waals surface area contributed by atoms with Crippen LogP contribution < -0.4 is 16.8 Å². The Morgan fingerprint density at radius 2 is 2.14 bits per heavy atom. The summed E-state index contributed by atoms with van der Waals surface area (Å²) in [6, 6.07) is 3.63. The molecule has 0 aromatic carbocycles. The smallest absolute Gasteiger partial charge is 0.322 e. The number of aromatic nitrogens is 1. The molecule has 0 saturated carbocycles. The van der Waals surface area contributed by atoms with Crippen LogP contribution in [0.4, 0.5) is 0 Å². The van der Waals surface area contributed by atoms with Gasteiger partial charge in [0.05, 0.1) is 20.3 Å². The van der Waals surface area contributed by atoms with Gasteiger partial charge in [-0.15, -0.1) is 0 Å². The largest absolute Gasteiger partial charge is 0.468 e. The highest BCUT2D eigenvalue weighted by Crippen LogP contribution is 1.98. The second-order valence-corrected chi connectivity index (χ2v) is 4.82. The van der Waals surface area contributed by atoms with Crippen molar-refractivity contribution in [2.75, 3.05) is 40.0 Å². The number of morpholine rings is 1. The second kappa shape index (κ2) is 13.3. The average molecular weight is 314 g/mol. The van der Waals surface area contributed by atoms with Crippen molar-refractivity contribution in [1.29, 1.82) is 0 Å². The summed E-state index contributed by atoms with van der Waals surface area (Å²) in [6.07, 6.45) is 3.01. The molecule has 1 fully saturated rings. The summed E-state index contributed by atoms with van der Waals surface area (Å²) in [5.41, 5.74) is 11.8. The third-order valence-electron chi connectivity index (χ3n) is 2.87. The van der Waals surface area contributed by atoms with Gasteiger partial charge >= 0.3 is 5.97 Å². The zero-order chi connectivity index (χ0) is 16.8. The monoisotopic (exact) mass is 314 g/mol. The normalized spacial score (nSPS) is 14.8. The predicted octanol–water partition coefficient (Wildman–Crippen LogP) is -0.361. The number of aryl methyl sites for hydroxylation is 1. The number of carbonyl (C=O) groups is 1. The van der Waals surface area contributed by atoms with E-state index in [2.05, 4.69) is 20.7 Å². The van der Waals surface area contributed by atoms with Crippen LogP contribution in [0.2, 0.25) is 0 Å². The molecule has 7 nitrogen and oxygen atoms in total. The van der Waals surface area contributed by atoms with Gasteiger partial charge < -0.3 is 30.8 Å². The summed E-state index contributed by atoms with van der Waals surface area (Å²) in [7, 11) is 3.34. The second-order valence-electron chi connectivity index (χ2n) is 4.82. The molecule has 1 saturated heterocycles. The summed E-state index contributed by atoms with van der Waals surface area (Å²) < 4.78 is 11.3. The highest BCUT2D eigenvalue weighted by molar-refractivity contribution is 5.74. The van der Waals surface area contributed by atoms with Gasteiger partial charge in [-0.3, -0.25) is 4.79 Å². The van der Waals surface area contributed by atoms with E-state index in [-0.39, 0.29) is 5.97 Å². The highest BCUT2D eigenvalue weighted by Gasteiger charge is 2.03. The Bertz CT molecular complexity index is 378. The van der Waals surface area contributed by atoms with Crippen molar-refractivity contribution < 1.29 is 14.3 Å². The van der Waals surface area contributed by atoms with E-state index in [1.807, 2.05) is 19.3 Å². The lowest BCUT2D eigenvalue weighted by atomic mass is 10.3. The third-order valence-corrected chi connectivity index (χ3v) is 2.87. The van der Waals surface area contributed by atoms with Crippen molar-refractivity contribution in [3.05, 3.63) is 24.0 Å². The van der Waals surface area contributed by atoms with Gasteiger partial charge in [-0.25, -0.2) is 0 Å². The lowest BCUT2D eigenvalue weighted by Gasteiger charge is -2.10. The third kappa shape index (κ3) is 10.3. The summed E-state index contributed by atoms with van der Waals surface area (Å²) in [5, 5.41) is 3.16. The maximum atomic E-state index is 10.2. The number of carbonyl (C=O) groups excluding carboxylic acids is 1. The first-order valence-electron chi connectivity index (χ1n) is 7.45. The Balaban J connectivity index is 0.000000308. The Morgan fingerprint density at radius 1 is 1.50 bits per heavy atom. The van der Waals surface area contributed by atoms with Crippen LogP contribution in [0.5, 0.6) is 0 Å². The molecule has 1 atom stereocenters. The van der Waals surface area contributed by atoms with Crippen LogP contribution >= 0.6 is 0 Å². The maximum Gasteiger partial charge on any atom is 0.322 e. The zero-order valence-corrected chi connectivity index (χ0v) is 13.9. The fourth-order valence-electron chi connectivity index (χ4n) is 1.61. The Kier molecular flexibility index (Phi) is 12.4. The first-order chi connectivity index (χ1) is 10.5. The number of hydrogen-bond acceptors (Lipinski definition) is 6. The lowest BCUT2D eigenvalue weighted by molar-refractivity contribution is -0.141. The molecule has 0 unspecified atom stereocenters. The van der Waals surface area contributed by atoms with Gasteiger partial charge in [-0.1, -0.05) is 0 Å². The Hall–Kier alpha value is -1.41. The minimum Gasteiger partial charge on any atom is -0.468 e. The Morgan fingerprint density at radius 3 is 2.36 bits per heavy atom. The highest BCUT2D eigenvalue weighted by atomic mass is 16.5. The minimum absolute atomic E-state index is 0.375. The van der Waals surface area contributed by atoms with Crippen LogP contribution in [0.25, 0.3) is 0 Å². The molecule has 2 rings (SSSR count). The molecular weight excluding hydrogens is 284 g/mol. The van der Waals surface area contributed by atoms with E-state index < -0.39 is 6.04 Å². The molecule has 0 aliphatic carbocycles. The number of methoxy groups -OCH3 is 1. The lowest BCUT2D eigenvalue weighted by Crippen LogP contribution is -2.30. The predicted molar refractivity (Wildman–Crippen MR) is 87.5 cm³/mol. The number of hydrogen-bond donors (Lipinski definition) is 3. The number of rotatable bonds is 3. The molecule has 0 amide bonds. The summed E-state index contributed by atoms with van der Waals surface area (Å²) >= 11 is 0. The summed E-state index contributed by atoms with van der Waals surface area (Å²) in [6.45, 7) is 6.14. The van der Waals surface area contributed by atoms with Crippen LogP contribution in [0.15, 0.2) is 18.3 Å². The van der Waals surface area contributed by atoms with Crippen molar-refractivity contribution in [3.63, 3.8) is 0 Å². The molecule has 128 valence electrons. The molecule has 5 N–H and O–H groups in total. The van der Waals surface area contributed by atoms with Gasteiger partial charge in [0.15, 0.2) is 0 Å². The van der Waals surface area contributed by atoms with Gasteiger partial charge in [0.25, 0.3) is 0 Å². The van der Waals surface area contributed by atoms with E-state index in [1.165, 1.54) is 12.8 Å². The van der Waals surface area contributed by atoms with Crippen molar-refractivity contribution >= 4 is 5.97 Å². The van der Waals surface area contributed by atoms with E-state index in [4.69, 9.17) is 16.2 Å². The molecule has 7 heteroatoms. The minimum atomic E-state index is -0.495. The maximum absolute atomic E-state index is 10.2. The van der Waals surface area contributed by atoms with Crippen LogP contribution in [0.3, 0.4) is 0 Å². The number of nitrogens with two attached hydrogens (primary N) is 2. The standard InChI is InChI=1S/C7H12N2.C4H9NO2.C4H9NO/c1-9-6-2-3-7(9)4-5-8;1-3(5)4(6)7-2;1-3-6-4-2-5-1/h2-3,6H,4-5,8H2,1H3;3H,5H2,1-2H3;5H,1-4H2/t;3-;/m.0./s1. The SMILES string of the molecule is C1COCCN1.COC(=O)[C@H](C)N.Cn1cccc1CCN. The first-order valence-corrected chi connectivity index (χ1v) is 7.45. The molecule has 1 aliphatic rings.